The summed E-state index contributed by atoms with van der Waals surface area (Å²) in [4.78, 5) is 2.34. The molecule has 0 aromatic heterocycles. The van der Waals surface area contributed by atoms with Crippen molar-refractivity contribution in [2.75, 3.05) is 13.1 Å². The molecule has 3 atom stereocenters. The van der Waals surface area contributed by atoms with Crippen LogP contribution in [0.25, 0.3) is 0 Å². The summed E-state index contributed by atoms with van der Waals surface area (Å²) in [7, 11) is 0. The van der Waals surface area contributed by atoms with E-state index in [0.717, 1.165) is 24.9 Å². The maximum Gasteiger partial charge on any atom is 0.0994 e. The van der Waals surface area contributed by atoms with Gasteiger partial charge in [-0.05, 0) is 32.3 Å². The first-order valence-corrected chi connectivity index (χ1v) is 6.76. The second-order valence-corrected chi connectivity index (χ2v) is 5.74. The minimum atomic E-state index is -0.795. The molecular weight excluding hydrogens is 224 g/mol. The van der Waals surface area contributed by atoms with E-state index in [2.05, 4.69) is 11.8 Å². The molecule has 1 aliphatic rings. The lowest BCUT2D eigenvalue weighted by atomic mass is 9.92. The van der Waals surface area contributed by atoms with Crippen LogP contribution in [0.1, 0.15) is 32.3 Å². The van der Waals surface area contributed by atoms with Crippen LogP contribution in [-0.2, 0) is 5.60 Å². The predicted octanol–water partition coefficient (Wildman–Crippen LogP) is 1.71. The van der Waals surface area contributed by atoms with E-state index in [1.165, 1.54) is 0 Å². The van der Waals surface area contributed by atoms with Crippen LogP contribution in [0, 0.1) is 0 Å². The smallest absolute Gasteiger partial charge is 0.0994 e. The monoisotopic (exact) mass is 248 g/mol. The van der Waals surface area contributed by atoms with E-state index in [4.69, 9.17) is 5.73 Å². The fraction of sp³-hybridized carbons (Fsp3) is 0.600. The average molecular weight is 248 g/mol. The fourth-order valence-corrected chi connectivity index (χ4v) is 2.78. The zero-order valence-electron chi connectivity index (χ0n) is 11.3. The molecule has 0 radical (unpaired) electrons. The third kappa shape index (κ3) is 3.10. The van der Waals surface area contributed by atoms with Gasteiger partial charge in [-0.25, -0.2) is 0 Å². The summed E-state index contributed by atoms with van der Waals surface area (Å²) in [5, 5.41) is 10.6. The minimum absolute atomic E-state index is 0.318. The molecule has 3 heteroatoms. The van der Waals surface area contributed by atoms with Gasteiger partial charge < -0.3 is 10.8 Å². The molecule has 3 nitrogen and oxygen atoms in total. The molecule has 3 N–H and O–H groups in total. The highest BCUT2D eigenvalue weighted by molar-refractivity contribution is 5.21. The Balaban J connectivity index is 2.04. The van der Waals surface area contributed by atoms with Crippen LogP contribution < -0.4 is 5.73 Å². The molecule has 18 heavy (non-hydrogen) atoms. The molecule has 3 unspecified atom stereocenters. The highest BCUT2D eigenvalue weighted by Crippen LogP contribution is 2.25. The molecule has 0 aliphatic carbocycles. The van der Waals surface area contributed by atoms with Gasteiger partial charge in [-0.1, -0.05) is 30.3 Å². The standard InChI is InChI=1S/C15H24N2O/c1-12-10-14(16)8-9-17(12)11-15(2,18)13-6-4-3-5-7-13/h3-7,12,14,18H,8-11,16H2,1-2H3. The van der Waals surface area contributed by atoms with E-state index < -0.39 is 5.60 Å². The van der Waals surface area contributed by atoms with Gasteiger partial charge >= 0.3 is 0 Å². The van der Waals surface area contributed by atoms with Gasteiger partial charge in [0.15, 0.2) is 0 Å². The highest BCUT2D eigenvalue weighted by atomic mass is 16.3. The second-order valence-electron chi connectivity index (χ2n) is 5.74. The normalized spacial score (nSPS) is 28.9. The molecular formula is C15H24N2O. The van der Waals surface area contributed by atoms with Crippen molar-refractivity contribution in [3.8, 4) is 0 Å². The Bertz CT molecular complexity index is 377. The van der Waals surface area contributed by atoms with Crippen molar-refractivity contribution in [3.63, 3.8) is 0 Å². The lowest BCUT2D eigenvalue weighted by Crippen LogP contribution is -2.50. The fourth-order valence-electron chi connectivity index (χ4n) is 2.78. The van der Waals surface area contributed by atoms with Crippen LogP contribution in [0.2, 0.25) is 0 Å². The van der Waals surface area contributed by atoms with Crippen molar-refractivity contribution in [1.82, 2.24) is 4.90 Å². The summed E-state index contributed by atoms with van der Waals surface area (Å²) in [5.41, 5.74) is 6.16. The van der Waals surface area contributed by atoms with Crippen molar-refractivity contribution in [3.05, 3.63) is 35.9 Å². The van der Waals surface area contributed by atoms with E-state index in [-0.39, 0.29) is 0 Å². The van der Waals surface area contributed by atoms with Gasteiger partial charge in [0, 0.05) is 25.2 Å². The van der Waals surface area contributed by atoms with Crippen molar-refractivity contribution < 1.29 is 5.11 Å². The third-order valence-electron chi connectivity index (χ3n) is 3.96. The van der Waals surface area contributed by atoms with Crippen molar-refractivity contribution in [1.29, 1.82) is 0 Å². The third-order valence-corrected chi connectivity index (χ3v) is 3.96. The number of hydrogen-bond acceptors (Lipinski definition) is 3. The quantitative estimate of drug-likeness (QED) is 0.856. The molecule has 1 saturated heterocycles. The Morgan fingerprint density at radius 3 is 2.67 bits per heavy atom. The summed E-state index contributed by atoms with van der Waals surface area (Å²) < 4.78 is 0. The number of likely N-dealkylation sites (tertiary alicyclic amines) is 1. The number of hydrogen-bond donors (Lipinski definition) is 2. The van der Waals surface area contributed by atoms with Gasteiger partial charge in [-0.15, -0.1) is 0 Å². The number of nitrogens with zero attached hydrogens (tertiary/aromatic N) is 1. The molecule has 1 heterocycles. The van der Waals surface area contributed by atoms with E-state index >= 15 is 0 Å². The molecule has 1 fully saturated rings. The van der Waals surface area contributed by atoms with Crippen LogP contribution >= 0.6 is 0 Å². The van der Waals surface area contributed by atoms with Crippen molar-refractivity contribution in [2.24, 2.45) is 5.73 Å². The maximum atomic E-state index is 10.6. The van der Waals surface area contributed by atoms with Crippen LogP contribution in [-0.4, -0.2) is 35.2 Å². The van der Waals surface area contributed by atoms with E-state index in [1.807, 2.05) is 37.3 Å². The first-order chi connectivity index (χ1) is 8.49. The average Bonchev–Trinajstić information content (AvgIpc) is 2.34. The SMILES string of the molecule is CC1CC(N)CCN1CC(C)(O)c1ccccc1. The van der Waals surface area contributed by atoms with Gasteiger partial charge in [0.1, 0.15) is 0 Å². The van der Waals surface area contributed by atoms with Crippen molar-refractivity contribution in [2.45, 2.75) is 44.4 Å². The van der Waals surface area contributed by atoms with E-state index in [9.17, 15) is 5.11 Å². The predicted molar refractivity (Wildman–Crippen MR) is 74.3 cm³/mol. The Hall–Kier alpha value is -0.900. The molecule has 0 bridgehead atoms. The number of β-amino-alcohol motifs (C(OH)–C–C–N with tert-alkyl or cyclic N) is 1. The van der Waals surface area contributed by atoms with Crippen LogP contribution in [0.15, 0.2) is 30.3 Å². The number of nitrogens with two attached hydrogens (primary N) is 1. The molecule has 0 saturated carbocycles. The molecule has 100 valence electrons. The molecule has 1 aliphatic heterocycles. The second kappa shape index (κ2) is 5.39. The lowest BCUT2D eigenvalue weighted by Gasteiger charge is -2.40. The van der Waals surface area contributed by atoms with E-state index in [1.54, 1.807) is 0 Å². The topological polar surface area (TPSA) is 49.5 Å². The Labute approximate surface area is 110 Å². The summed E-state index contributed by atoms with van der Waals surface area (Å²) in [6, 6.07) is 10.7. The van der Waals surface area contributed by atoms with Gasteiger partial charge in [0.25, 0.3) is 0 Å². The molecule has 1 aromatic carbocycles. The van der Waals surface area contributed by atoms with Gasteiger partial charge in [0.05, 0.1) is 5.60 Å². The van der Waals surface area contributed by atoms with Gasteiger partial charge in [-0.3, -0.25) is 4.90 Å². The van der Waals surface area contributed by atoms with Crippen molar-refractivity contribution >= 4 is 0 Å². The van der Waals surface area contributed by atoms with Crippen LogP contribution in [0.3, 0.4) is 0 Å². The summed E-state index contributed by atoms with van der Waals surface area (Å²) in [6.45, 7) is 5.74. The first kappa shape index (κ1) is 13.5. The Kier molecular flexibility index (Phi) is 4.05. The highest BCUT2D eigenvalue weighted by Gasteiger charge is 2.31. The number of benzene rings is 1. The Morgan fingerprint density at radius 2 is 2.06 bits per heavy atom. The summed E-state index contributed by atoms with van der Waals surface area (Å²) in [5.74, 6) is 0. The minimum Gasteiger partial charge on any atom is -0.384 e. The number of piperidine rings is 1. The van der Waals surface area contributed by atoms with Gasteiger partial charge in [-0.2, -0.15) is 0 Å². The largest absolute Gasteiger partial charge is 0.384 e. The zero-order valence-corrected chi connectivity index (χ0v) is 11.3. The molecule has 1 aromatic rings. The zero-order chi connectivity index (χ0) is 13.2. The van der Waals surface area contributed by atoms with Gasteiger partial charge in [0.2, 0.25) is 0 Å². The molecule has 0 amide bonds. The van der Waals surface area contributed by atoms with Crippen LogP contribution in [0.4, 0.5) is 0 Å². The number of rotatable bonds is 3. The molecule has 0 spiro atoms. The first-order valence-electron chi connectivity index (χ1n) is 6.76. The summed E-state index contributed by atoms with van der Waals surface area (Å²) in [6.07, 6.45) is 2.04. The molecule has 2 rings (SSSR count). The van der Waals surface area contributed by atoms with E-state index in [0.29, 0.717) is 18.6 Å². The lowest BCUT2D eigenvalue weighted by molar-refractivity contribution is -0.00637. The summed E-state index contributed by atoms with van der Waals surface area (Å²) >= 11 is 0. The maximum absolute atomic E-state index is 10.6. The van der Waals surface area contributed by atoms with Crippen LogP contribution in [0.5, 0.6) is 0 Å². The number of aliphatic hydroxyl groups is 1. The Morgan fingerprint density at radius 1 is 1.39 bits per heavy atom.